The van der Waals surface area contributed by atoms with Gasteiger partial charge < -0.3 is 18.9 Å². The lowest BCUT2D eigenvalue weighted by Crippen LogP contribution is -2.09. The fourth-order valence-corrected chi connectivity index (χ4v) is 11.1. The van der Waals surface area contributed by atoms with Gasteiger partial charge in [-0.2, -0.15) is 0 Å². The summed E-state index contributed by atoms with van der Waals surface area (Å²) >= 11 is 0. The number of unbranched alkanes of at least 4 members (excludes halogenated alkanes) is 36. The van der Waals surface area contributed by atoms with Crippen LogP contribution in [0.4, 0.5) is 0 Å². The fraction of sp³-hybridized carbons (Fsp3) is 0.946. The highest BCUT2D eigenvalue weighted by Gasteiger charge is 2.13. The summed E-state index contributed by atoms with van der Waals surface area (Å²) < 4.78 is 21.6. The average molecular weight is 1160 g/mol. The van der Waals surface area contributed by atoms with E-state index in [-0.39, 0.29) is 23.9 Å². The molecule has 2 unspecified atom stereocenters. The van der Waals surface area contributed by atoms with Gasteiger partial charge in [0.15, 0.2) is 0 Å². The number of rotatable bonds is 64. The minimum absolute atomic E-state index is 0.00237. The molecule has 82 heavy (non-hydrogen) atoms. The van der Waals surface area contributed by atoms with Crippen molar-refractivity contribution in [3.63, 3.8) is 0 Å². The molecule has 0 N–H and O–H groups in total. The van der Waals surface area contributed by atoms with Gasteiger partial charge >= 0.3 is 23.9 Å². The number of carbonyl (C=O) groups excluding carboxylic acids is 4. The van der Waals surface area contributed by atoms with Gasteiger partial charge in [0.05, 0.1) is 26.4 Å². The molecule has 0 spiro atoms. The van der Waals surface area contributed by atoms with Gasteiger partial charge in [0, 0.05) is 25.7 Å². The maximum atomic E-state index is 12.0. The van der Waals surface area contributed by atoms with E-state index in [0.717, 1.165) is 76.0 Å². The molecule has 0 heterocycles. The molecule has 0 fully saturated rings. The first-order valence-corrected chi connectivity index (χ1v) is 36.6. The number of ether oxygens (including phenoxy) is 4. The summed E-state index contributed by atoms with van der Waals surface area (Å²) in [5.41, 5.74) is 0. The molecule has 0 aliphatic rings. The summed E-state index contributed by atoms with van der Waals surface area (Å²) in [5, 5.41) is 0. The van der Waals surface area contributed by atoms with Gasteiger partial charge in [0.25, 0.3) is 0 Å². The molecule has 0 bridgehead atoms. The van der Waals surface area contributed by atoms with Gasteiger partial charge in [-0.05, 0) is 75.0 Å². The summed E-state index contributed by atoms with van der Waals surface area (Å²) in [4.78, 5) is 47.7. The van der Waals surface area contributed by atoms with Gasteiger partial charge in [-0.1, -0.05) is 325 Å². The van der Waals surface area contributed by atoms with E-state index in [4.69, 9.17) is 18.9 Å². The van der Waals surface area contributed by atoms with Crippen molar-refractivity contribution < 1.29 is 38.1 Å². The van der Waals surface area contributed by atoms with Crippen molar-refractivity contribution in [2.24, 2.45) is 23.7 Å². The van der Waals surface area contributed by atoms with Gasteiger partial charge in [-0.25, -0.2) is 0 Å². The minimum Gasteiger partial charge on any atom is -0.466 e. The average Bonchev–Trinajstić information content (AvgIpc) is 3.46. The van der Waals surface area contributed by atoms with Crippen LogP contribution in [0.1, 0.15) is 402 Å². The third-order valence-electron chi connectivity index (χ3n) is 17.1. The smallest absolute Gasteiger partial charge is 0.305 e. The Morgan fingerprint density at radius 3 is 0.695 bits per heavy atom. The second-order valence-electron chi connectivity index (χ2n) is 26.1. The summed E-state index contributed by atoms with van der Waals surface area (Å²) in [6.45, 7) is 20.5. The number of hydrogen-bond donors (Lipinski definition) is 0. The van der Waals surface area contributed by atoms with Crippen LogP contribution in [0.25, 0.3) is 0 Å². The Bertz CT molecular complexity index is 1310. The number of hydrogen-bond acceptors (Lipinski definition) is 8. The number of carbonyl (C=O) groups is 4. The molecule has 2 atom stereocenters. The summed E-state index contributed by atoms with van der Waals surface area (Å²) in [6.07, 6.45) is 64.3. The highest BCUT2D eigenvalue weighted by Crippen LogP contribution is 2.23. The molecule has 0 radical (unpaired) electrons. The highest BCUT2D eigenvalue weighted by molar-refractivity contribution is 5.70. The maximum Gasteiger partial charge on any atom is 0.305 e. The predicted octanol–water partition coefficient (Wildman–Crippen LogP) is 23.8. The van der Waals surface area contributed by atoms with Crippen LogP contribution in [0.3, 0.4) is 0 Å². The molecule has 488 valence electrons. The molecule has 0 aliphatic heterocycles. The van der Waals surface area contributed by atoms with Crippen molar-refractivity contribution in [1.82, 2.24) is 0 Å². The molecule has 8 heteroatoms. The SMILES string of the molecule is CCC(CCCCCCCCCCCCCCC(=O)OCCCCCC(C)C)CCC(=O)OCCCCCC(C)C.CCCCCCCCOC(=O)CCCCCCCCCCCCCCC(CC)CCC(=O)OCCCCCCCC. The quantitative estimate of drug-likeness (QED) is 0.0337. The van der Waals surface area contributed by atoms with Crippen molar-refractivity contribution in [2.45, 2.75) is 402 Å². The van der Waals surface area contributed by atoms with Crippen LogP contribution in [0.2, 0.25) is 0 Å². The Kier molecular flexibility index (Phi) is 68.0. The van der Waals surface area contributed by atoms with Gasteiger partial charge in [0.1, 0.15) is 0 Å². The van der Waals surface area contributed by atoms with Gasteiger partial charge in [-0.15, -0.1) is 0 Å². The van der Waals surface area contributed by atoms with E-state index < -0.39 is 0 Å². The van der Waals surface area contributed by atoms with Crippen LogP contribution >= 0.6 is 0 Å². The van der Waals surface area contributed by atoms with Crippen LogP contribution in [0, 0.1) is 23.7 Å². The first-order chi connectivity index (χ1) is 40.0. The van der Waals surface area contributed by atoms with Gasteiger partial charge in [-0.3, -0.25) is 19.2 Å². The largest absolute Gasteiger partial charge is 0.466 e. The second kappa shape index (κ2) is 68.0. The second-order valence-corrected chi connectivity index (χ2v) is 26.1. The predicted molar refractivity (Wildman–Crippen MR) is 353 cm³/mol. The van der Waals surface area contributed by atoms with Crippen molar-refractivity contribution in [1.29, 1.82) is 0 Å². The molecule has 0 saturated heterocycles. The first kappa shape index (κ1) is 81.9. The van der Waals surface area contributed by atoms with E-state index in [2.05, 4.69) is 55.4 Å². The van der Waals surface area contributed by atoms with Crippen molar-refractivity contribution in [3.8, 4) is 0 Å². The Morgan fingerprint density at radius 1 is 0.232 bits per heavy atom. The molecule has 0 saturated carbocycles. The lowest BCUT2D eigenvalue weighted by molar-refractivity contribution is -0.145. The Hall–Kier alpha value is -2.12. The van der Waals surface area contributed by atoms with E-state index in [1.165, 1.54) is 257 Å². The van der Waals surface area contributed by atoms with E-state index >= 15 is 0 Å². The monoisotopic (exact) mass is 1160 g/mol. The third-order valence-corrected chi connectivity index (χ3v) is 17.1. The zero-order chi connectivity index (χ0) is 60.5. The van der Waals surface area contributed by atoms with Crippen LogP contribution in [0.15, 0.2) is 0 Å². The molecule has 0 aromatic carbocycles. The first-order valence-electron chi connectivity index (χ1n) is 36.6. The Balaban J connectivity index is 0. The third kappa shape index (κ3) is 68.7. The maximum absolute atomic E-state index is 12.0. The Labute approximate surface area is 511 Å². The van der Waals surface area contributed by atoms with E-state index in [1.54, 1.807) is 0 Å². The zero-order valence-electron chi connectivity index (χ0n) is 56.6. The Morgan fingerprint density at radius 2 is 0.439 bits per heavy atom. The lowest BCUT2D eigenvalue weighted by Gasteiger charge is -2.14. The molecular formula is C74H144O8. The van der Waals surface area contributed by atoms with Crippen LogP contribution < -0.4 is 0 Å². The topological polar surface area (TPSA) is 105 Å². The normalized spacial score (nSPS) is 12.1. The van der Waals surface area contributed by atoms with Gasteiger partial charge in [0.2, 0.25) is 0 Å². The molecule has 0 aromatic heterocycles. The molecule has 0 rings (SSSR count). The lowest BCUT2D eigenvalue weighted by atomic mass is 9.93. The van der Waals surface area contributed by atoms with Crippen molar-refractivity contribution in [3.05, 3.63) is 0 Å². The van der Waals surface area contributed by atoms with Crippen LogP contribution in [-0.4, -0.2) is 50.3 Å². The summed E-state index contributed by atoms with van der Waals surface area (Å²) in [6, 6.07) is 0. The summed E-state index contributed by atoms with van der Waals surface area (Å²) in [7, 11) is 0. The molecule has 8 nitrogen and oxygen atoms in total. The zero-order valence-corrected chi connectivity index (χ0v) is 56.6. The van der Waals surface area contributed by atoms with E-state index in [9.17, 15) is 19.2 Å². The minimum atomic E-state index is -0.00245. The molecular weight excluding hydrogens is 1020 g/mol. The number of esters is 4. The summed E-state index contributed by atoms with van der Waals surface area (Å²) in [5.74, 6) is 2.90. The van der Waals surface area contributed by atoms with E-state index in [1.807, 2.05) is 0 Å². The molecule has 0 aliphatic carbocycles. The highest BCUT2D eigenvalue weighted by atomic mass is 16.5. The standard InChI is InChI=1S/2C37H72O4/c1-6-35(29-30-37(39)41-32-24-18-20-26-34(4)5)27-21-15-13-11-9-7-8-10-12-14-16-22-28-36(38)40-31-23-17-19-25-33(2)3;1-4-7-9-11-23-27-33-40-36(38)30-26-22-20-18-16-14-13-15-17-19-21-25-29-35(6-3)31-32-37(39)41-34-28-24-12-10-8-5-2/h33-35H,6-32H2,1-5H3;35H,4-34H2,1-3H3. The van der Waals surface area contributed by atoms with Crippen LogP contribution in [-0.2, 0) is 38.1 Å². The molecule has 0 amide bonds. The fourth-order valence-electron chi connectivity index (χ4n) is 11.1. The van der Waals surface area contributed by atoms with Crippen LogP contribution in [0.5, 0.6) is 0 Å². The van der Waals surface area contributed by atoms with Crippen molar-refractivity contribution >= 4 is 23.9 Å². The molecule has 0 aromatic rings. The van der Waals surface area contributed by atoms with E-state index in [0.29, 0.717) is 63.9 Å². The van der Waals surface area contributed by atoms with Crippen molar-refractivity contribution in [2.75, 3.05) is 26.4 Å².